The third-order valence-corrected chi connectivity index (χ3v) is 4.20. The number of aromatic nitrogens is 1. The van der Waals surface area contributed by atoms with Gasteiger partial charge in [-0.05, 0) is 50.7 Å². The molecule has 1 amide bonds. The Kier molecular flexibility index (Phi) is 4.49. The zero-order chi connectivity index (χ0) is 17.3. The normalized spacial score (nSPS) is 24.5. The highest BCUT2D eigenvalue weighted by atomic mass is 16.6. The summed E-state index contributed by atoms with van der Waals surface area (Å²) in [4.78, 5) is 17.8. The lowest BCUT2D eigenvalue weighted by atomic mass is 10.1. The summed E-state index contributed by atoms with van der Waals surface area (Å²) in [5.41, 5.74) is 1.38. The molecule has 0 aromatic carbocycles. The molecule has 2 atom stereocenters. The lowest BCUT2D eigenvalue weighted by Gasteiger charge is -2.35. The maximum absolute atomic E-state index is 12.1. The number of hydrogen-bond donors (Lipinski definition) is 1. The molecule has 1 N–H and O–H groups in total. The summed E-state index contributed by atoms with van der Waals surface area (Å²) in [6.07, 6.45) is 6.48. The minimum atomic E-state index is -0.510. The lowest BCUT2D eigenvalue weighted by Crippen LogP contribution is -2.43. The van der Waals surface area contributed by atoms with Gasteiger partial charge in [0.25, 0.3) is 0 Å². The quantitative estimate of drug-likeness (QED) is 0.858. The summed E-state index contributed by atoms with van der Waals surface area (Å²) >= 11 is 0. The first-order valence-corrected chi connectivity index (χ1v) is 8.29. The Morgan fingerprint density at radius 3 is 2.83 bits per heavy atom. The fourth-order valence-corrected chi connectivity index (χ4v) is 2.70. The van der Waals surface area contributed by atoms with E-state index in [1.165, 1.54) is 0 Å². The van der Waals surface area contributed by atoms with Crippen molar-refractivity contribution in [3.05, 3.63) is 36.0 Å². The molecule has 6 nitrogen and oxygen atoms in total. The zero-order valence-electron chi connectivity index (χ0n) is 14.4. The molecule has 0 unspecified atom stereocenters. The van der Waals surface area contributed by atoms with E-state index in [-0.39, 0.29) is 12.7 Å². The Morgan fingerprint density at radius 1 is 1.46 bits per heavy atom. The van der Waals surface area contributed by atoms with Crippen LogP contribution in [0.5, 0.6) is 5.75 Å². The van der Waals surface area contributed by atoms with Crippen LogP contribution in [0.4, 0.5) is 4.79 Å². The van der Waals surface area contributed by atoms with Crippen molar-refractivity contribution in [1.29, 1.82) is 0 Å². The maximum atomic E-state index is 12.1. The molecule has 1 aromatic rings. The molecular weight excluding hydrogens is 308 g/mol. The number of aliphatic hydroxyl groups excluding tert-OH is 1. The minimum absolute atomic E-state index is 0.213. The smallest absolute Gasteiger partial charge is 0.414 e. The van der Waals surface area contributed by atoms with Crippen molar-refractivity contribution in [3.63, 3.8) is 0 Å². The molecule has 1 aliphatic heterocycles. The highest BCUT2D eigenvalue weighted by Crippen LogP contribution is 2.47. The number of carbonyl (C=O) groups excluding carboxylic acids is 1. The van der Waals surface area contributed by atoms with Crippen molar-refractivity contribution in [1.82, 2.24) is 9.88 Å². The third-order valence-electron chi connectivity index (χ3n) is 4.20. The highest BCUT2D eigenvalue weighted by molar-refractivity contribution is 5.71. The molecule has 1 aliphatic carbocycles. The van der Waals surface area contributed by atoms with Crippen molar-refractivity contribution in [3.8, 4) is 5.75 Å². The van der Waals surface area contributed by atoms with Crippen LogP contribution < -0.4 is 4.74 Å². The fourth-order valence-electron chi connectivity index (χ4n) is 2.70. The van der Waals surface area contributed by atoms with Gasteiger partial charge in [-0.2, -0.15) is 0 Å². The van der Waals surface area contributed by atoms with Gasteiger partial charge in [-0.15, -0.1) is 0 Å². The Morgan fingerprint density at radius 2 is 2.25 bits per heavy atom. The number of pyridine rings is 1. The van der Waals surface area contributed by atoms with Gasteiger partial charge in [0.15, 0.2) is 0 Å². The van der Waals surface area contributed by atoms with E-state index in [2.05, 4.69) is 4.98 Å². The molecule has 0 radical (unpaired) electrons. The fraction of sp³-hybridized carbons (Fsp3) is 0.556. The molecule has 1 aromatic heterocycles. The largest absolute Gasteiger partial charge is 0.462 e. The van der Waals surface area contributed by atoms with Gasteiger partial charge in [0.1, 0.15) is 17.6 Å². The monoisotopic (exact) mass is 332 g/mol. The molecule has 0 bridgehead atoms. The number of likely N-dealkylation sites (tertiary alicyclic amines) is 1. The standard InChI is InChI=1S/C18H24N2O4/c1-18(2,3)24-17(22)20-5-4-14(20)11-23-15-6-12(8-19-9-15)16-7-13(16)10-21/h6,8-9,11,13,16,21H,4-5,7,10H2,1-3H3/b14-11+/t13-,16-/m0/s1. The topological polar surface area (TPSA) is 71.9 Å². The van der Waals surface area contributed by atoms with Gasteiger partial charge in [-0.1, -0.05) is 0 Å². The molecule has 1 saturated carbocycles. The molecule has 2 fully saturated rings. The number of carbonyl (C=O) groups is 1. The van der Waals surface area contributed by atoms with Crippen LogP contribution in [0.1, 0.15) is 45.1 Å². The number of nitrogens with zero attached hydrogens (tertiary/aromatic N) is 2. The molecule has 24 heavy (non-hydrogen) atoms. The van der Waals surface area contributed by atoms with Gasteiger partial charge in [0.05, 0.1) is 11.9 Å². The zero-order valence-corrected chi connectivity index (χ0v) is 14.4. The van der Waals surface area contributed by atoms with Crippen LogP contribution in [0, 0.1) is 5.92 Å². The number of rotatable bonds is 4. The molecule has 3 rings (SSSR count). The SMILES string of the molecule is CC(C)(C)OC(=O)N1CC/C1=C\Oc1cncc([C@@H]2C[C@H]2CO)c1. The molecule has 0 spiro atoms. The third kappa shape index (κ3) is 3.87. The van der Waals surface area contributed by atoms with Crippen LogP contribution >= 0.6 is 0 Å². The molecule has 1 saturated heterocycles. The van der Waals surface area contributed by atoms with Crippen molar-refractivity contribution >= 4 is 6.09 Å². The van der Waals surface area contributed by atoms with Gasteiger partial charge in [0.2, 0.25) is 0 Å². The average molecular weight is 332 g/mol. The van der Waals surface area contributed by atoms with Gasteiger partial charge in [-0.3, -0.25) is 9.88 Å². The van der Waals surface area contributed by atoms with Crippen molar-refractivity contribution in [2.24, 2.45) is 5.92 Å². The predicted octanol–water partition coefficient (Wildman–Crippen LogP) is 3.04. The van der Waals surface area contributed by atoms with E-state index in [9.17, 15) is 9.90 Å². The minimum Gasteiger partial charge on any atom is -0.462 e. The number of ether oxygens (including phenoxy) is 2. The second-order valence-corrected chi connectivity index (χ2v) is 7.35. The second kappa shape index (κ2) is 6.43. The molecule has 6 heteroatoms. The van der Waals surface area contributed by atoms with Crippen molar-refractivity contribution < 1.29 is 19.4 Å². The Hall–Kier alpha value is -2.08. The molecule has 2 heterocycles. The van der Waals surface area contributed by atoms with Gasteiger partial charge < -0.3 is 14.6 Å². The first-order valence-electron chi connectivity index (χ1n) is 8.29. The van der Waals surface area contributed by atoms with Crippen LogP contribution in [0.15, 0.2) is 30.4 Å². The predicted molar refractivity (Wildman–Crippen MR) is 88.4 cm³/mol. The number of aliphatic hydroxyl groups is 1. The first-order chi connectivity index (χ1) is 11.4. The van der Waals surface area contributed by atoms with Crippen molar-refractivity contribution in [2.45, 2.75) is 45.1 Å². The lowest BCUT2D eigenvalue weighted by molar-refractivity contribution is 0.0228. The summed E-state index contributed by atoms with van der Waals surface area (Å²) in [5, 5.41) is 9.17. The van der Waals surface area contributed by atoms with E-state index in [4.69, 9.17) is 9.47 Å². The van der Waals surface area contributed by atoms with Gasteiger partial charge in [-0.25, -0.2) is 4.79 Å². The first kappa shape index (κ1) is 16.8. The van der Waals surface area contributed by atoms with E-state index < -0.39 is 5.60 Å². The second-order valence-electron chi connectivity index (χ2n) is 7.35. The van der Waals surface area contributed by atoms with E-state index in [1.807, 2.05) is 33.0 Å². The number of hydrogen-bond acceptors (Lipinski definition) is 5. The van der Waals surface area contributed by atoms with Crippen molar-refractivity contribution in [2.75, 3.05) is 13.2 Å². The van der Waals surface area contributed by atoms with Crippen LogP contribution in [0.25, 0.3) is 0 Å². The van der Waals surface area contributed by atoms with E-state index in [0.29, 0.717) is 24.1 Å². The summed E-state index contributed by atoms with van der Waals surface area (Å²) in [6.45, 7) is 6.39. The average Bonchev–Trinajstić information content (AvgIpc) is 3.24. The Balaban J connectivity index is 1.60. The molecule has 2 aliphatic rings. The van der Waals surface area contributed by atoms with Gasteiger partial charge >= 0.3 is 6.09 Å². The maximum Gasteiger partial charge on any atom is 0.414 e. The van der Waals surface area contributed by atoms with E-state index >= 15 is 0 Å². The summed E-state index contributed by atoms with van der Waals surface area (Å²) in [5.74, 6) is 1.36. The summed E-state index contributed by atoms with van der Waals surface area (Å²) in [7, 11) is 0. The van der Waals surface area contributed by atoms with Crippen LogP contribution in [0.3, 0.4) is 0 Å². The van der Waals surface area contributed by atoms with Gasteiger partial charge in [0, 0.05) is 25.8 Å². The Labute approximate surface area is 142 Å². The van der Waals surface area contributed by atoms with Crippen LogP contribution in [-0.4, -0.2) is 39.8 Å². The van der Waals surface area contributed by atoms with Crippen LogP contribution in [-0.2, 0) is 4.74 Å². The molecular formula is C18H24N2O4. The number of amides is 1. The highest BCUT2D eigenvalue weighted by Gasteiger charge is 2.38. The summed E-state index contributed by atoms with van der Waals surface area (Å²) < 4.78 is 11.0. The van der Waals surface area contributed by atoms with Crippen LogP contribution in [0.2, 0.25) is 0 Å². The summed E-state index contributed by atoms with van der Waals surface area (Å²) in [6, 6.07) is 1.95. The van der Waals surface area contributed by atoms with E-state index in [0.717, 1.165) is 24.1 Å². The molecule has 130 valence electrons. The van der Waals surface area contributed by atoms with E-state index in [1.54, 1.807) is 17.4 Å². The Bertz CT molecular complexity index is 651.